The zero-order valence-corrected chi connectivity index (χ0v) is 12.3. The summed E-state index contributed by atoms with van der Waals surface area (Å²) in [4.78, 5) is 11.6. The Hall–Kier alpha value is -2.00. The first-order valence-corrected chi connectivity index (χ1v) is 6.50. The van der Waals surface area contributed by atoms with E-state index in [-0.39, 0.29) is 5.75 Å². The van der Waals surface area contributed by atoms with Gasteiger partial charge >= 0.3 is 5.97 Å². The lowest BCUT2D eigenvalue weighted by Crippen LogP contribution is -2.01. The van der Waals surface area contributed by atoms with Crippen LogP contribution in [0.5, 0.6) is 5.75 Å². The van der Waals surface area contributed by atoms with Crippen LogP contribution in [0.2, 0.25) is 5.02 Å². The predicted molar refractivity (Wildman–Crippen MR) is 79.4 cm³/mol. The van der Waals surface area contributed by atoms with Gasteiger partial charge in [0.2, 0.25) is 0 Å². The molecule has 20 heavy (non-hydrogen) atoms. The van der Waals surface area contributed by atoms with Crippen molar-refractivity contribution in [2.24, 2.45) is 0 Å². The van der Waals surface area contributed by atoms with Crippen molar-refractivity contribution in [2.75, 3.05) is 7.11 Å². The van der Waals surface area contributed by atoms with E-state index in [1.807, 2.05) is 19.9 Å². The lowest BCUT2D eigenvalue weighted by atomic mass is 9.96. The molecule has 0 spiro atoms. The Balaban J connectivity index is 2.63. The monoisotopic (exact) mass is 290 g/mol. The van der Waals surface area contributed by atoms with Crippen molar-refractivity contribution in [1.82, 2.24) is 0 Å². The number of benzene rings is 2. The van der Waals surface area contributed by atoms with E-state index >= 15 is 0 Å². The third-order valence-electron chi connectivity index (χ3n) is 3.23. The van der Waals surface area contributed by atoms with Gasteiger partial charge in [0.1, 0.15) is 5.75 Å². The first kappa shape index (κ1) is 14.4. The number of esters is 1. The third-order valence-corrected chi connectivity index (χ3v) is 3.63. The molecule has 1 N–H and O–H groups in total. The van der Waals surface area contributed by atoms with Gasteiger partial charge in [-0.2, -0.15) is 0 Å². The van der Waals surface area contributed by atoms with Crippen LogP contribution in [0, 0.1) is 13.8 Å². The Kier molecular flexibility index (Phi) is 4.00. The molecule has 0 unspecified atom stereocenters. The summed E-state index contributed by atoms with van der Waals surface area (Å²) < 4.78 is 4.71. The molecule has 2 aromatic rings. The topological polar surface area (TPSA) is 46.5 Å². The van der Waals surface area contributed by atoms with Gasteiger partial charge in [-0.15, -0.1) is 0 Å². The van der Waals surface area contributed by atoms with Crippen LogP contribution in [0.25, 0.3) is 11.1 Å². The number of phenolic OH excluding ortho intramolecular Hbond substituents is 1. The summed E-state index contributed by atoms with van der Waals surface area (Å²) >= 11 is 6.11. The largest absolute Gasteiger partial charge is 0.507 e. The molecular formula is C16H15ClO3. The highest BCUT2D eigenvalue weighted by Gasteiger charge is 2.13. The second-order valence-corrected chi connectivity index (χ2v) is 5.05. The molecule has 0 amide bonds. The van der Waals surface area contributed by atoms with Gasteiger partial charge in [0, 0.05) is 10.6 Å². The minimum Gasteiger partial charge on any atom is -0.507 e. The molecule has 104 valence electrons. The number of methoxy groups -OCH3 is 1. The van der Waals surface area contributed by atoms with Crippen LogP contribution in [-0.2, 0) is 4.74 Å². The van der Waals surface area contributed by atoms with Crippen molar-refractivity contribution in [3.8, 4) is 16.9 Å². The summed E-state index contributed by atoms with van der Waals surface area (Å²) in [7, 11) is 1.34. The first-order valence-electron chi connectivity index (χ1n) is 6.12. The Morgan fingerprint density at radius 3 is 2.45 bits per heavy atom. The number of carbonyl (C=O) groups excluding carboxylic acids is 1. The van der Waals surface area contributed by atoms with Crippen LogP contribution in [0.15, 0.2) is 30.3 Å². The van der Waals surface area contributed by atoms with Gasteiger partial charge in [-0.25, -0.2) is 4.79 Å². The van der Waals surface area contributed by atoms with Crippen LogP contribution in [0.4, 0.5) is 0 Å². The molecule has 0 aliphatic rings. The molecule has 0 atom stereocenters. The molecule has 3 nitrogen and oxygen atoms in total. The standard InChI is InChI=1S/C16H15ClO3/c1-9-4-5-11(16(19)20-3)7-12(9)13-8-14(17)10(2)6-15(13)18/h4-8,18H,1-3H3. The second kappa shape index (κ2) is 5.55. The SMILES string of the molecule is COC(=O)c1ccc(C)c(-c2cc(Cl)c(C)cc2O)c1. The van der Waals surface area contributed by atoms with Crippen molar-refractivity contribution < 1.29 is 14.6 Å². The molecular weight excluding hydrogens is 276 g/mol. The van der Waals surface area contributed by atoms with E-state index in [4.69, 9.17) is 16.3 Å². The molecule has 2 rings (SSSR count). The van der Waals surface area contributed by atoms with E-state index in [1.165, 1.54) is 7.11 Å². The average Bonchev–Trinajstić information content (AvgIpc) is 2.43. The van der Waals surface area contributed by atoms with Crippen molar-refractivity contribution in [1.29, 1.82) is 0 Å². The van der Waals surface area contributed by atoms with Gasteiger partial charge < -0.3 is 9.84 Å². The van der Waals surface area contributed by atoms with Gasteiger partial charge in [-0.1, -0.05) is 17.7 Å². The van der Waals surface area contributed by atoms with Crippen LogP contribution >= 0.6 is 11.6 Å². The zero-order chi connectivity index (χ0) is 14.9. The molecule has 0 aromatic heterocycles. The number of halogens is 1. The molecule has 0 saturated carbocycles. The average molecular weight is 291 g/mol. The quantitative estimate of drug-likeness (QED) is 0.847. The Morgan fingerprint density at radius 2 is 1.80 bits per heavy atom. The number of ether oxygens (including phenoxy) is 1. The number of carbonyl (C=O) groups is 1. The van der Waals surface area contributed by atoms with Gasteiger partial charge in [0.05, 0.1) is 12.7 Å². The van der Waals surface area contributed by atoms with E-state index in [9.17, 15) is 9.90 Å². The fourth-order valence-corrected chi connectivity index (χ4v) is 2.20. The number of aryl methyl sites for hydroxylation is 2. The first-order chi connectivity index (χ1) is 9.43. The van der Waals surface area contributed by atoms with E-state index in [1.54, 1.807) is 24.3 Å². The van der Waals surface area contributed by atoms with Crippen LogP contribution in [-0.4, -0.2) is 18.2 Å². The Bertz CT molecular complexity index is 678. The van der Waals surface area contributed by atoms with Gasteiger partial charge in [-0.05, 0) is 54.8 Å². The van der Waals surface area contributed by atoms with Crippen LogP contribution in [0.3, 0.4) is 0 Å². The maximum Gasteiger partial charge on any atom is 0.337 e. The van der Waals surface area contributed by atoms with E-state index in [0.29, 0.717) is 16.1 Å². The molecule has 0 fully saturated rings. The normalized spacial score (nSPS) is 10.4. The molecule has 4 heteroatoms. The number of aromatic hydroxyl groups is 1. The summed E-state index contributed by atoms with van der Waals surface area (Å²) in [6.07, 6.45) is 0. The highest BCUT2D eigenvalue weighted by molar-refractivity contribution is 6.31. The lowest BCUT2D eigenvalue weighted by Gasteiger charge is -2.11. The molecule has 0 heterocycles. The van der Waals surface area contributed by atoms with Crippen molar-refractivity contribution in [3.05, 3.63) is 52.0 Å². The highest BCUT2D eigenvalue weighted by Crippen LogP contribution is 2.36. The van der Waals surface area contributed by atoms with Crippen LogP contribution in [0.1, 0.15) is 21.5 Å². The van der Waals surface area contributed by atoms with E-state index in [0.717, 1.165) is 16.7 Å². The smallest absolute Gasteiger partial charge is 0.337 e. The van der Waals surface area contributed by atoms with Gasteiger partial charge in [0.15, 0.2) is 0 Å². The van der Waals surface area contributed by atoms with Crippen LogP contribution < -0.4 is 0 Å². The van der Waals surface area contributed by atoms with Gasteiger partial charge in [-0.3, -0.25) is 0 Å². The molecule has 0 radical (unpaired) electrons. The molecule has 2 aromatic carbocycles. The molecule has 0 bridgehead atoms. The number of rotatable bonds is 2. The summed E-state index contributed by atoms with van der Waals surface area (Å²) in [5.74, 6) is -0.277. The number of phenols is 1. The zero-order valence-electron chi connectivity index (χ0n) is 11.5. The summed E-state index contributed by atoms with van der Waals surface area (Å²) in [6, 6.07) is 8.52. The lowest BCUT2D eigenvalue weighted by molar-refractivity contribution is 0.0601. The summed E-state index contributed by atoms with van der Waals surface area (Å²) in [5, 5.41) is 10.7. The van der Waals surface area contributed by atoms with Crippen molar-refractivity contribution in [3.63, 3.8) is 0 Å². The third kappa shape index (κ3) is 2.63. The highest BCUT2D eigenvalue weighted by atomic mass is 35.5. The second-order valence-electron chi connectivity index (χ2n) is 4.64. The van der Waals surface area contributed by atoms with Gasteiger partial charge in [0.25, 0.3) is 0 Å². The minimum absolute atomic E-state index is 0.136. The maximum atomic E-state index is 11.6. The van der Waals surface area contributed by atoms with E-state index < -0.39 is 5.97 Å². The summed E-state index contributed by atoms with van der Waals surface area (Å²) in [6.45, 7) is 3.73. The molecule has 0 aliphatic carbocycles. The van der Waals surface area contributed by atoms with Crippen molar-refractivity contribution >= 4 is 17.6 Å². The Labute approximate surface area is 122 Å². The molecule has 0 saturated heterocycles. The number of hydrogen-bond donors (Lipinski definition) is 1. The fourth-order valence-electron chi connectivity index (χ4n) is 2.04. The van der Waals surface area contributed by atoms with E-state index in [2.05, 4.69) is 0 Å². The summed E-state index contributed by atoms with van der Waals surface area (Å²) in [5.41, 5.74) is 3.53. The number of hydrogen-bond acceptors (Lipinski definition) is 3. The molecule has 0 aliphatic heterocycles. The minimum atomic E-state index is -0.413. The Morgan fingerprint density at radius 1 is 1.10 bits per heavy atom. The fraction of sp³-hybridized carbons (Fsp3) is 0.188. The van der Waals surface area contributed by atoms with Crippen molar-refractivity contribution in [2.45, 2.75) is 13.8 Å². The maximum absolute atomic E-state index is 11.6. The predicted octanol–water partition coefficient (Wildman–Crippen LogP) is 4.12.